The Morgan fingerprint density at radius 3 is 2.78 bits per heavy atom. The number of aromatic nitrogens is 1. The first-order valence-electron chi connectivity index (χ1n) is 6.10. The molecule has 2 rings (SSSR count). The molecule has 18 heavy (non-hydrogen) atoms. The first kappa shape index (κ1) is 13.1. The van der Waals surface area contributed by atoms with Crippen molar-refractivity contribution in [3.63, 3.8) is 0 Å². The molecule has 0 amide bonds. The second-order valence-electron chi connectivity index (χ2n) is 5.36. The summed E-state index contributed by atoms with van der Waals surface area (Å²) < 4.78 is 5.52. The largest absolute Gasteiger partial charge is 0.441 e. The minimum absolute atomic E-state index is 0.132. The Bertz CT molecular complexity index is 546. The first-order valence-corrected chi connectivity index (χ1v) is 6.10. The highest BCUT2D eigenvalue weighted by Gasteiger charge is 2.22. The highest BCUT2D eigenvalue weighted by Crippen LogP contribution is 2.20. The topological polar surface area (TPSA) is 49.5 Å². The van der Waals surface area contributed by atoms with Gasteiger partial charge >= 0.3 is 0 Å². The summed E-state index contributed by atoms with van der Waals surface area (Å²) in [4.78, 5) is 6.40. The number of aryl methyl sites for hydroxylation is 1. The molecule has 1 aromatic carbocycles. The van der Waals surface area contributed by atoms with Gasteiger partial charge in [-0.2, -0.15) is 0 Å². The molecule has 1 heterocycles. The zero-order valence-electron chi connectivity index (χ0n) is 11.4. The lowest BCUT2D eigenvalue weighted by Crippen LogP contribution is -2.43. The summed E-state index contributed by atoms with van der Waals surface area (Å²) in [5, 5.41) is 9.35. The van der Waals surface area contributed by atoms with Crippen molar-refractivity contribution in [2.75, 3.05) is 13.7 Å². The SMILES string of the molecule is Cc1nc2ccc(CN(C)C(C)(C)CO)cc2o1. The molecule has 0 aliphatic rings. The van der Waals surface area contributed by atoms with Crippen LogP contribution in [0, 0.1) is 6.92 Å². The van der Waals surface area contributed by atoms with Gasteiger partial charge in [-0.1, -0.05) is 6.07 Å². The molecule has 0 saturated carbocycles. The Morgan fingerprint density at radius 1 is 1.39 bits per heavy atom. The monoisotopic (exact) mass is 248 g/mol. The average molecular weight is 248 g/mol. The molecule has 0 atom stereocenters. The maximum absolute atomic E-state index is 9.35. The molecule has 2 aromatic rings. The normalized spacial score (nSPS) is 12.6. The third-order valence-corrected chi connectivity index (χ3v) is 3.40. The van der Waals surface area contributed by atoms with Crippen LogP contribution >= 0.6 is 0 Å². The zero-order valence-corrected chi connectivity index (χ0v) is 11.4. The molecule has 1 N–H and O–H groups in total. The van der Waals surface area contributed by atoms with E-state index in [1.807, 2.05) is 46.0 Å². The van der Waals surface area contributed by atoms with E-state index in [0.29, 0.717) is 5.89 Å². The van der Waals surface area contributed by atoms with Gasteiger partial charge in [-0.3, -0.25) is 4.90 Å². The van der Waals surface area contributed by atoms with Crippen LogP contribution in [-0.4, -0.2) is 34.2 Å². The average Bonchev–Trinajstić information content (AvgIpc) is 2.68. The Kier molecular flexibility index (Phi) is 3.41. The predicted octanol–water partition coefficient (Wildman–Crippen LogP) is 2.34. The van der Waals surface area contributed by atoms with Crippen molar-refractivity contribution < 1.29 is 9.52 Å². The van der Waals surface area contributed by atoms with Crippen LogP contribution in [0.1, 0.15) is 25.3 Å². The number of fused-ring (bicyclic) bond motifs is 1. The van der Waals surface area contributed by atoms with Crippen molar-refractivity contribution in [2.24, 2.45) is 0 Å². The number of hydrogen-bond acceptors (Lipinski definition) is 4. The van der Waals surface area contributed by atoms with E-state index in [1.54, 1.807) is 0 Å². The number of nitrogens with zero attached hydrogens (tertiary/aromatic N) is 2. The maximum Gasteiger partial charge on any atom is 0.192 e. The van der Waals surface area contributed by atoms with Crippen LogP contribution in [0.3, 0.4) is 0 Å². The van der Waals surface area contributed by atoms with Crippen LogP contribution in [0.15, 0.2) is 22.6 Å². The molecular formula is C14H20N2O2. The summed E-state index contributed by atoms with van der Waals surface area (Å²) in [5.74, 6) is 0.686. The molecule has 0 saturated heterocycles. The van der Waals surface area contributed by atoms with Crippen molar-refractivity contribution in [3.8, 4) is 0 Å². The van der Waals surface area contributed by atoms with Crippen LogP contribution in [0.4, 0.5) is 0 Å². The Hall–Kier alpha value is -1.39. The molecule has 0 aliphatic heterocycles. The van der Waals surface area contributed by atoms with Crippen LogP contribution in [0.25, 0.3) is 11.1 Å². The smallest absolute Gasteiger partial charge is 0.192 e. The standard InChI is InChI=1S/C14H20N2O2/c1-10-15-12-6-5-11(7-13(12)18-10)8-16(4)14(2,3)9-17/h5-7,17H,8-9H2,1-4H3. The Morgan fingerprint density at radius 2 is 2.11 bits per heavy atom. The van der Waals surface area contributed by atoms with E-state index in [2.05, 4.69) is 9.88 Å². The second kappa shape index (κ2) is 4.71. The van der Waals surface area contributed by atoms with Gasteiger partial charge in [0.1, 0.15) is 5.52 Å². The molecule has 0 aliphatic carbocycles. The van der Waals surface area contributed by atoms with E-state index < -0.39 is 0 Å². The minimum atomic E-state index is -0.230. The number of benzene rings is 1. The molecule has 0 radical (unpaired) electrons. The van der Waals surface area contributed by atoms with E-state index in [1.165, 1.54) is 0 Å². The van der Waals surface area contributed by atoms with Gasteiger partial charge in [-0.25, -0.2) is 4.98 Å². The van der Waals surface area contributed by atoms with Gasteiger partial charge in [0, 0.05) is 19.0 Å². The molecule has 0 fully saturated rings. The predicted molar refractivity (Wildman–Crippen MR) is 71.4 cm³/mol. The number of aliphatic hydroxyl groups excluding tert-OH is 1. The highest BCUT2D eigenvalue weighted by molar-refractivity contribution is 5.73. The van der Waals surface area contributed by atoms with Crippen molar-refractivity contribution in [1.82, 2.24) is 9.88 Å². The van der Waals surface area contributed by atoms with Crippen molar-refractivity contribution >= 4 is 11.1 Å². The van der Waals surface area contributed by atoms with Crippen LogP contribution in [-0.2, 0) is 6.54 Å². The molecule has 0 unspecified atom stereocenters. The number of oxazole rings is 1. The fourth-order valence-corrected chi connectivity index (χ4v) is 1.79. The van der Waals surface area contributed by atoms with Gasteiger partial charge in [-0.15, -0.1) is 0 Å². The molecule has 98 valence electrons. The fourth-order valence-electron chi connectivity index (χ4n) is 1.79. The quantitative estimate of drug-likeness (QED) is 0.902. The van der Waals surface area contributed by atoms with E-state index in [-0.39, 0.29) is 12.1 Å². The molecule has 0 spiro atoms. The summed E-state index contributed by atoms with van der Waals surface area (Å²) in [7, 11) is 2.01. The lowest BCUT2D eigenvalue weighted by Gasteiger charge is -2.33. The summed E-state index contributed by atoms with van der Waals surface area (Å²) in [6.45, 7) is 6.78. The van der Waals surface area contributed by atoms with E-state index in [4.69, 9.17) is 4.42 Å². The number of likely N-dealkylation sites (N-methyl/N-ethyl adjacent to an activating group) is 1. The highest BCUT2D eigenvalue weighted by atomic mass is 16.3. The van der Waals surface area contributed by atoms with Gasteiger partial charge in [-0.05, 0) is 38.6 Å². The summed E-state index contributed by atoms with van der Waals surface area (Å²) in [6.07, 6.45) is 0. The lowest BCUT2D eigenvalue weighted by molar-refractivity contribution is 0.0734. The number of rotatable bonds is 4. The molecular weight excluding hydrogens is 228 g/mol. The third-order valence-electron chi connectivity index (χ3n) is 3.40. The fraction of sp³-hybridized carbons (Fsp3) is 0.500. The van der Waals surface area contributed by atoms with E-state index in [9.17, 15) is 5.11 Å². The maximum atomic E-state index is 9.35. The van der Waals surface area contributed by atoms with Crippen molar-refractivity contribution in [2.45, 2.75) is 32.9 Å². The summed E-state index contributed by atoms with van der Waals surface area (Å²) >= 11 is 0. The Labute approximate surface area is 107 Å². The first-order chi connectivity index (χ1) is 8.42. The van der Waals surface area contributed by atoms with Crippen LogP contribution in [0.5, 0.6) is 0 Å². The van der Waals surface area contributed by atoms with Crippen molar-refractivity contribution in [1.29, 1.82) is 0 Å². The van der Waals surface area contributed by atoms with Gasteiger partial charge in [0.05, 0.1) is 6.61 Å². The third kappa shape index (κ3) is 2.54. The molecule has 4 heteroatoms. The van der Waals surface area contributed by atoms with Gasteiger partial charge < -0.3 is 9.52 Å². The summed E-state index contributed by atoms with van der Waals surface area (Å²) in [6, 6.07) is 6.04. The second-order valence-corrected chi connectivity index (χ2v) is 5.36. The van der Waals surface area contributed by atoms with Crippen LogP contribution < -0.4 is 0 Å². The Balaban J connectivity index is 2.21. The zero-order chi connectivity index (χ0) is 13.3. The van der Waals surface area contributed by atoms with Crippen molar-refractivity contribution in [3.05, 3.63) is 29.7 Å². The van der Waals surface area contributed by atoms with Gasteiger partial charge in [0.2, 0.25) is 0 Å². The minimum Gasteiger partial charge on any atom is -0.441 e. The van der Waals surface area contributed by atoms with Gasteiger partial charge in [0.25, 0.3) is 0 Å². The number of hydrogen-bond donors (Lipinski definition) is 1. The van der Waals surface area contributed by atoms with Crippen LogP contribution in [0.2, 0.25) is 0 Å². The van der Waals surface area contributed by atoms with Gasteiger partial charge in [0.15, 0.2) is 11.5 Å². The summed E-state index contributed by atoms with van der Waals surface area (Å²) in [5.41, 5.74) is 2.63. The lowest BCUT2D eigenvalue weighted by atomic mass is 10.0. The molecule has 4 nitrogen and oxygen atoms in total. The number of aliphatic hydroxyl groups is 1. The van der Waals surface area contributed by atoms with E-state index >= 15 is 0 Å². The molecule has 0 bridgehead atoms. The van der Waals surface area contributed by atoms with E-state index in [0.717, 1.165) is 23.2 Å². The molecule has 1 aromatic heterocycles.